The molecule has 0 aliphatic carbocycles. The van der Waals surface area contributed by atoms with Crippen LogP contribution in [0, 0.1) is 13.8 Å². The summed E-state index contributed by atoms with van der Waals surface area (Å²) in [6, 6.07) is 13.0. The van der Waals surface area contributed by atoms with Crippen molar-refractivity contribution in [2.75, 3.05) is 10.0 Å². The first-order valence-electron chi connectivity index (χ1n) is 9.19. The van der Waals surface area contributed by atoms with Gasteiger partial charge < -0.3 is 10.1 Å². The first-order chi connectivity index (χ1) is 14.2. The highest BCUT2D eigenvalue weighted by Gasteiger charge is 2.18. The first-order valence-corrected chi connectivity index (χ1v) is 10.7. The Morgan fingerprint density at radius 3 is 2.30 bits per heavy atom. The van der Waals surface area contributed by atoms with Gasteiger partial charge in [0.25, 0.3) is 15.9 Å². The van der Waals surface area contributed by atoms with E-state index in [-0.39, 0.29) is 16.8 Å². The molecule has 0 saturated carbocycles. The summed E-state index contributed by atoms with van der Waals surface area (Å²) >= 11 is 0. The minimum atomic E-state index is -3.84. The molecule has 0 spiro atoms. The number of hydrogen-bond acceptors (Lipinski definition) is 6. The Labute approximate surface area is 175 Å². The third kappa shape index (κ3) is 5.32. The average molecular weight is 426 g/mol. The quantitative estimate of drug-likeness (QED) is 0.600. The Kier molecular flexibility index (Phi) is 6.31. The van der Waals surface area contributed by atoms with E-state index >= 15 is 0 Å². The number of aromatic nitrogens is 2. The van der Waals surface area contributed by atoms with Crippen LogP contribution in [-0.2, 0) is 14.8 Å². The molecule has 2 aromatic carbocycles. The summed E-state index contributed by atoms with van der Waals surface area (Å²) in [4.78, 5) is 20.1. The number of anilines is 2. The Balaban J connectivity index is 1.63. The Morgan fingerprint density at radius 1 is 1.00 bits per heavy atom. The van der Waals surface area contributed by atoms with E-state index in [1.165, 1.54) is 36.7 Å². The monoisotopic (exact) mass is 426 g/mol. The molecule has 0 aliphatic heterocycles. The molecule has 1 aromatic heterocycles. The van der Waals surface area contributed by atoms with Crippen molar-refractivity contribution in [3.8, 4) is 5.75 Å². The highest BCUT2D eigenvalue weighted by Crippen LogP contribution is 2.19. The molecule has 0 saturated heterocycles. The van der Waals surface area contributed by atoms with Crippen molar-refractivity contribution in [1.82, 2.24) is 9.97 Å². The summed E-state index contributed by atoms with van der Waals surface area (Å²) in [5, 5.41) is 2.71. The largest absolute Gasteiger partial charge is 0.481 e. The molecular formula is C21H22N4O4S. The number of sulfonamides is 1. The minimum absolute atomic E-state index is 0.0207. The van der Waals surface area contributed by atoms with Crippen molar-refractivity contribution in [2.45, 2.75) is 31.8 Å². The fourth-order valence-corrected chi connectivity index (χ4v) is 3.50. The molecule has 1 amide bonds. The van der Waals surface area contributed by atoms with E-state index in [0.717, 1.165) is 11.1 Å². The van der Waals surface area contributed by atoms with E-state index in [9.17, 15) is 13.2 Å². The van der Waals surface area contributed by atoms with Crippen molar-refractivity contribution in [1.29, 1.82) is 0 Å². The van der Waals surface area contributed by atoms with Gasteiger partial charge in [-0.1, -0.05) is 6.07 Å². The van der Waals surface area contributed by atoms with Gasteiger partial charge in [-0.3, -0.25) is 4.79 Å². The number of benzene rings is 2. The molecule has 3 rings (SSSR count). The van der Waals surface area contributed by atoms with E-state index in [2.05, 4.69) is 20.0 Å². The molecule has 2 N–H and O–H groups in total. The molecule has 0 bridgehead atoms. The first kappa shape index (κ1) is 21.3. The van der Waals surface area contributed by atoms with Gasteiger partial charge in [0.15, 0.2) is 6.10 Å². The van der Waals surface area contributed by atoms with Gasteiger partial charge in [0.05, 0.1) is 4.90 Å². The standard InChI is InChI=1S/C21H22N4O4S/c1-14-5-8-18(13-15(14)2)29-16(3)20(26)24-17-6-9-19(10-7-17)30(27,28)25-21-22-11-4-12-23-21/h4-13,16H,1-3H3,(H,24,26)(H,22,23,25). The van der Waals surface area contributed by atoms with Crippen LogP contribution in [-0.4, -0.2) is 30.4 Å². The fraction of sp³-hybridized carbons (Fsp3) is 0.190. The van der Waals surface area contributed by atoms with Gasteiger partial charge >= 0.3 is 0 Å². The zero-order valence-corrected chi connectivity index (χ0v) is 17.6. The predicted octanol–water partition coefficient (Wildman–Crippen LogP) is 3.30. The summed E-state index contributed by atoms with van der Waals surface area (Å²) in [6.07, 6.45) is 2.14. The molecule has 9 heteroatoms. The van der Waals surface area contributed by atoms with Crippen LogP contribution in [0.5, 0.6) is 5.75 Å². The molecule has 156 valence electrons. The minimum Gasteiger partial charge on any atom is -0.481 e. The second-order valence-corrected chi connectivity index (χ2v) is 8.38. The summed E-state index contributed by atoms with van der Waals surface area (Å²) in [5.74, 6) is 0.239. The van der Waals surface area contributed by atoms with Gasteiger partial charge in [0.1, 0.15) is 5.75 Å². The van der Waals surface area contributed by atoms with Crippen molar-refractivity contribution >= 4 is 27.6 Å². The number of nitrogens with zero attached hydrogens (tertiary/aromatic N) is 2. The number of ether oxygens (including phenoxy) is 1. The molecule has 3 aromatic rings. The van der Waals surface area contributed by atoms with Crippen LogP contribution in [0.2, 0.25) is 0 Å². The zero-order chi connectivity index (χ0) is 21.7. The maximum Gasteiger partial charge on any atom is 0.265 e. The molecule has 1 heterocycles. The second kappa shape index (κ2) is 8.91. The Morgan fingerprint density at radius 2 is 1.67 bits per heavy atom. The lowest BCUT2D eigenvalue weighted by Crippen LogP contribution is -2.30. The number of hydrogen-bond donors (Lipinski definition) is 2. The summed E-state index contributed by atoms with van der Waals surface area (Å²) in [5.41, 5.74) is 2.67. The third-order valence-corrected chi connectivity index (χ3v) is 5.73. The van der Waals surface area contributed by atoms with Crippen LogP contribution < -0.4 is 14.8 Å². The zero-order valence-electron chi connectivity index (χ0n) is 16.8. The summed E-state index contributed by atoms with van der Waals surface area (Å²) < 4.78 is 32.8. The van der Waals surface area contributed by atoms with Gasteiger partial charge in [-0.05, 0) is 74.4 Å². The van der Waals surface area contributed by atoms with Crippen LogP contribution in [0.3, 0.4) is 0 Å². The van der Waals surface area contributed by atoms with Gasteiger partial charge in [0.2, 0.25) is 5.95 Å². The molecule has 0 radical (unpaired) electrons. The fourth-order valence-electron chi connectivity index (χ4n) is 2.54. The van der Waals surface area contributed by atoms with Crippen molar-refractivity contribution in [2.24, 2.45) is 0 Å². The summed E-state index contributed by atoms with van der Waals surface area (Å²) in [6.45, 7) is 5.62. The van der Waals surface area contributed by atoms with Crippen molar-refractivity contribution in [3.05, 3.63) is 72.1 Å². The summed E-state index contributed by atoms with van der Waals surface area (Å²) in [7, 11) is -3.84. The third-order valence-electron chi connectivity index (χ3n) is 4.38. The number of carbonyl (C=O) groups excluding carboxylic acids is 1. The highest BCUT2D eigenvalue weighted by atomic mass is 32.2. The molecule has 1 atom stereocenters. The van der Waals surface area contributed by atoms with E-state index in [1.54, 1.807) is 13.0 Å². The average Bonchev–Trinajstić information content (AvgIpc) is 2.71. The van der Waals surface area contributed by atoms with Gasteiger partial charge in [0, 0.05) is 18.1 Å². The van der Waals surface area contributed by atoms with Crippen molar-refractivity contribution < 1.29 is 17.9 Å². The maximum atomic E-state index is 12.4. The number of aryl methyl sites for hydroxylation is 2. The molecule has 8 nitrogen and oxygen atoms in total. The molecular weight excluding hydrogens is 404 g/mol. The lowest BCUT2D eigenvalue weighted by molar-refractivity contribution is -0.122. The SMILES string of the molecule is Cc1ccc(OC(C)C(=O)Nc2ccc(S(=O)(=O)Nc3ncccn3)cc2)cc1C. The Hall–Kier alpha value is -3.46. The maximum absolute atomic E-state index is 12.4. The van der Waals surface area contributed by atoms with E-state index in [0.29, 0.717) is 11.4 Å². The molecule has 0 fully saturated rings. The van der Waals surface area contributed by atoms with E-state index < -0.39 is 16.1 Å². The molecule has 1 unspecified atom stereocenters. The predicted molar refractivity (Wildman–Crippen MR) is 114 cm³/mol. The van der Waals surface area contributed by atoms with Gasteiger partial charge in [-0.25, -0.2) is 23.1 Å². The lowest BCUT2D eigenvalue weighted by Gasteiger charge is -2.16. The molecule has 30 heavy (non-hydrogen) atoms. The van der Waals surface area contributed by atoms with Crippen LogP contribution >= 0.6 is 0 Å². The van der Waals surface area contributed by atoms with Crippen LogP contribution in [0.25, 0.3) is 0 Å². The van der Waals surface area contributed by atoms with Crippen LogP contribution in [0.1, 0.15) is 18.1 Å². The number of nitrogens with one attached hydrogen (secondary N) is 2. The van der Waals surface area contributed by atoms with Crippen molar-refractivity contribution in [3.63, 3.8) is 0 Å². The number of carbonyl (C=O) groups is 1. The van der Waals surface area contributed by atoms with Crippen LogP contribution in [0.4, 0.5) is 11.6 Å². The second-order valence-electron chi connectivity index (χ2n) is 6.70. The van der Waals surface area contributed by atoms with Crippen LogP contribution in [0.15, 0.2) is 65.8 Å². The smallest absolute Gasteiger partial charge is 0.265 e. The number of amides is 1. The lowest BCUT2D eigenvalue weighted by atomic mass is 10.1. The molecule has 0 aliphatic rings. The van der Waals surface area contributed by atoms with E-state index in [1.807, 2.05) is 32.0 Å². The van der Waals surface area contributed by atoms with E-state index in [4.69, 9.17) is 4.74 Å². The van der Waals surface area contributed by atoms with Gasteiger partial charge in [-0.2, -0.15) is 0 Å². The highest BCUT2D eigenvalue weighted by molar-refractivity contribution is 7.92. The normalized spacial score (nSPS) is 12.1. The number of rotatable bonds is 7. The Bertz CT molecular complexity index is 1130. The van der Waals surface area contributed by atoms with Gasteiger partial charge in [-0.15, -0.1) is 0 Å². The topological polar surface area (TPSA) is 110 Å².